The van der Waals surface area contributed by atoms with Crippen molar-refractivity contribution in [1.82, 2.24) is 9.38 Å². The number of carbonyl (C=O) groups is 1. The van der Waals surface area contributed by atoms with Crippen molar-refractivity contribution in [2.45, 2.75) is 13.1 Å². The Balaban J connectivity index is 1.69. The molecule has 0 atom stereocenters. The molecular weight excluding hydrogens is 429 g/mol. The van der Waals surface area contributed by atoms with Crippen LogP contribution in [0.2, 0.25) is 5.02 Å². The number of amides is 2. The highest BCUT2D eigenvalue weighted by Crippen LogP contribution is 2.32. The van der Waals surface area contributed by atoms with Crippen LogP contribution in [-0.4, -0.2) is 15.4 Å². The number of fused-ring (bicyclic) bond motifs is 1. The van der Waals surface area contributed by atoms with E-state index in [1.807, 2.05) is 19.1 Å². The third-order valence-electron chi connectivity index (χ3n) is 4.56. The van der Waals surface area contributed by atoms with E-state index >= 15 is 0 Å². The number of hydrogen-bond donors (Lipinski definition) is 2. The lowest BCUT2D eigenvalue weighted by Gasteiger charge is -2.12. The van der Waals surface area contributed by atoms with Crippen LogP contribution in [-0.2, 0) is 6.18 Å². The van der Waals surface area contributed by atoms with Crippen LogP contribution in [0, 0.1) is 6.92 Å². The molecule has 5 nitrogen and oxygen atoms in total. The van der Waals surface area contributed by atoms with Gasteiger partial charge >= 0.3 is 12.2 Å². The van der Waals surface area contributed by atoms with Crippen molar-refractivity contribution in [3.63, 3.8) is 0 Å². The molecule has 2 N–H and O–H groups in total. The Kier molecular flexibility index (Phi) is 5.32. The molecule has 0 spiro atoms. The van der Waals surface area contributed by atoms with E-state index in [0.717, 1.165) is 17.7 Å². The molecule has 2 aromatic heterocycles. The first-order valence-corrected chi connectivity index (χ1v) is 9.58. The third kappa shape index (κ3) is 4.49. The summed E-state index contributed by atoms with van der Waals surface area (Å²) in [7, 11) is 0. The standard InChI is InChI=1S/C22H16ClF3N4O/c1-13-8-9-30-18(10-13)28-19(14-4-2-6-16(23)11-14)20(30)29-21(31)27-17-7-3-5-15(12-17)22(24,25)26/h2-12H,1H3,(H2,27,29,31). The first kappa shape index (κ1) is 20.7. The highest BCUT2D eigenvalue weighted by atomic mass is 35.5. The number of nitrogens with one attached hydrogen (secondary N) is 2. The van der Waals surface area contributed by atoms with Crippen molar-refractivity contribution >= 4 is 34.8 Å². The number of halogens is 4. The van der Waals surface area contributed by atoms with Gasteiger partial charge in [0.15, 0.2) is 0 Å². The van der Waals surface area contributed by atoms with Gasteiger partial charge in [-0.3, -0.25) is 9.72 Å². The van der Waals surface area contributed by atoms with Crippen molar-refractivity contribution in [3.05, 3.63) is 83.0 Å². The van der Waals surface area contributed by atoms with Gasteiger partial charge in [-0.05, 0) is 55.0 Å². The molecule has 9 heteroatoms. The largest absolute Gasteiger partial charge is 0.416 e. The summed E-state index contributed by atoms with van der Waals surface area (Å²) in [5.41, 5.74) is 1.91. The van der Waals surface area contributed by atoms with Crippen LogP contribution >= 0.6 is 11.6 Å². The lowest BCUT2D eigenvalue weighted by atomic mass is 10.1. The van der Waals surface area contributed by atoms with Crippen LogP contribution in [0.4, 0.5) is 29.5 Å². The molecule has 0 radical (unpaired) electrons. The summed E-state index contributed by atoms with van der Waals surface area (Å²) in [6.45, 7) is 1.92. The van der Waals surface area contributed by atoms with Gasteiger partial charge in [0, 0.05) is 22.5 Å². The van der Waals surface area contributed by atoms with E-state index in [2.05, 4.69) is 15.6 Å². The molecule has 2 amide bonds. The molecule has 0 saturated carbocycles. The van der Waals surface area contributed by atoms with E-state index in [-0.39, 0.29) is 5.69 Å². The monoisotopic (exact) mass is 444 g/mol. The van der Waals surface area contributed by atoms with E-state index < -0.39 is 17.8 Å². The second kappa shape index (κ2) is 7.96. The zero-order valence-corrected chi connectivity index (χ0v) is 16.9. The molecule has 158 valence electrons. The summed E-state index contributed by atoms with van der Waals surface area (Å²) in [6, 6.07) is 14.4. The van der Waals surface area contributed by atoms with Crippen molar-refractivity contribution in [3.8, 4) is 11.3 Å². The van der Waals surface area contributed by atoms with Gasteiger partial charge in [0.25, 0.3) is 0 Å². The van der Waals surface area contributed by atoms with Gasteiger partial charge in [0.2, 0.25) is 0 Å². The van der Waals surface area contributed by atoms with Gasteiger partial charge in [-0.1, -0.05) is 29.8 Å². The molecule has 0 fully saturated rings. The predicted octanol–water partition coefficient (Wildman–Crippen LogP) is 6.63. The van der Waals surface area contributed by atoms with Crippen LogP contribution in [0.5, 0.6) is 0 Å². The number of pyridine rings is 1. The first-order chi connectivity index (χ1) is 14.7. The Bertz CT molecular complexity index is 1280. The van der Waals surface area contributed by atoms with Crippen LogP contribution in [0.15, 0.2) is 66.9 Å². The number of benzene rings is 2. The quantitative estimate of drug-likeness (QED) is 0.373. The van der Waals surface area contributed by atoms with Gasteiger partial charge in [-0.15, -0.1) is 0 Å². The smallest absolute Gasteiger partial charge is 0.308 e. The maximum atomic E-state index is 12.9. The fraction of sp³-hybridized carbons (Fsp3) is 0.0909. The minimum Gasteiger partial charge on any atom is -0.308 e. The number of carbonyl (C=O) groups excluding carboxylic acids is 1. The molecule has 0 aliphatic carbocycles. The van der Waals surface area contributed by atoms with E-state index in [1.165, 1.54) is 12.1 Å². The fourth-order valence-corrected chi connectivity index (χ4v) is 3.34. The summed E-state index contributed by atoms with van der Waals surface area (Å²) in [5, 5.41) is 5.65. The molecule has 2 heterocycles. The lowest BCUT2D eigenvalue weighted by Crippen LogP contribution is -2.21. The molecule has 0 saturated heterocycles. The average molecular weight is 445 g/mol. The summed E-state index contributed by atoms with van der Waals surface area (Å²) < 4.78 is 40.5. The number of aromatic nitrogens is 2. The number of urea groups is 1. The van der Waals surface area contributed by atoms with Gasteiger partial charge < -0.3 is 5.32 Å². The topological polar surface area (TPSA) is 58.4 Å². The Hall–Kier alpha value is -3.52. The predicted molar refractivity (Wildman–Crippen MR) is 114 cm³/mol. The Labute approximate surface area is 180 Å². The Morgan fingerprint density at radius 2 is 1.81 bits per heavy atom. The number of alkyl halides is 3. The zero-order chi connectivity index (χ0) is 22.2. The molecular formula is C22H16ClF3N4O. The molecule has 0 aliphatic heterocycles. The van der Waals surface area contributed by atoms with E-state index in [4.69, 9.17) is 11.6 Å². The van der Waals surface area contributed by atoms with Crippen LogP contribution in [0.3, 0.4) is 0 Å². The maximum absolute atomic E-state index is 12.9. The van der Waals surface area contributed by atoms with Crippen molar-refractivity contribution in [2.75, 3.05) is 10.6 Å². The van der Waals surface area contributed by atoms with Gasteiger partial charge in [-0.2, -0.15) is 13.2 Å². The van der Waals surface area contributed by atoms with Gasteiger partial charge in [0.1, 0.15) is 17.2 Å². The van der Waals surface area contributed by atoms with Crippen LogP contribution in [0.1, 0.15) is 11.1 Å². The van der Waals surface area contributed by atoms with Crippen molar-refractivity contribution in [2.24, 2.45) is 0 Å². The highest BCUT2D eigenvalue weighted by molar-refractivity contribution is 6.30. The summed E-state index contributed by atoms with van der Waals surface area (Å²) in [6.07, 6.45) is -2.75. The van der Waals surface area contributed by atoms with Crippen molar-refractivity contribution in [1.29, 1.82) is 0 Å². The second-order valence-corrected chi connectivity index (χ2v) is 7.35. The molecule has 4 rings (SSSR count). The highest BCUT2D eigenvalue weighted by Gasteiger charge is 2.30. The molecule has 2 aromatic carbocycles. The summed E-state index contributed by atoms with van der Waals surface area (Å²) >= 11 is 6.11. The average Bonchev–Trinajstić information content (AvgIpc) is 3.05. The minimum atomic E-state index is -4.51. The SMILES string of the molecule is Cc1ccn2c(NC(=O)Nc3cccc(C(F)(F)F)c3)c(-c3cccc(Cl)c3)nc2c1. The first-order valence-electron chi connectivity index (χ1n) is 9.20. The van der Waals surface area contributed by atoms with E-state index in [0.29, 0.717) is 27.7 Å². The molecule has 0 unspecified atom stereocenters. The summed E-state index contributed by atoms with van der Waals surface area (Å²) in [4.78, 5) is 17.2. The van der Waals surface area contributed by atoms with Crippen molar-refractivity contribution < 1.29 is 18.0 Å². The number of aryl methyl sites for hydroxylation is 1. The molecule has 0 bridgehead atoms. The molecule has 4 aromatic rings. The fourth-order valence-electron chi connectivity index (χ4n) is 3.15. The number of rotatable bonds is 3. The molecule has 31 heavy (non-hydrogen) atoms. The Morgan fingerprint density at radius 3 is 2.55 bits per heavy atom. The minimum absolute atomic E-state index is 0.0151. The number of anilines is 2. The normalized spacial score (nSPS) is 11.5. The van der Waals surface area contributed by atoms with E-state index in [9.17, 15) is 18.0 Å². The number of hydrogen-bond acceptors (Lipinski definition) is 2. The molecule has 0 aliphatic rings. The van der Waals surface area contributed by atoms with Crippen LogP contribution in [0.25, 0.3) is 16.9 Å². The summed E-state index contributed by atoms with van der Waals surface area (Å²) in [5.74, 6) is 0.363. The maximum Gasteiger partial charge on any atom is 0.416 e. The van der Waals surface area contributed by atoms with Gasteiger partial charge in [0.05, 0.1) is 5.56 Å². The zero-order valence-electron chi connectivity index (χ0n) is 16.2. The number of nitrogens with zero attached hydrogens (tertiary/aromatic N) is 2. The third-order valence-corrected chi connectivity index (χ3v) is 4.79. The Morgan fingerprint density at radius 1 is 1.03 bits per heavy atom. The van der Waals surface area contributed by atoms with E-state index in [1.54, 1.807) is 34.9 Å². The second-order valence-electron chi connectivity index (χ2n) is 6.91. The van der Waals surface area contributed by atoms with Gasteiger partial charge in [-0.25, -0.2) is 9.78 Å². The lowest BCUT2D eigenvalue weighted by molar-refractivity contribution is -0.137. The number of imidazole rings is 1. The van der Waals surface area contributed by atoms with Crippen LogP contribution < -0.4 is 10.6 Å².